The normalized spacial score (nSPS) is 12.1. The molecule has 120 valence electrons. The summed E-state index contributed by atoms with van der Waals surface area (Å²) >= 11 is 0. The highest BCUT2D eigenvalue weighted by Crippen LogP contribution is 2.30. The summed E-state index contributed by atoms with van der Waals surface area (Å²) in [4.78, 5) is 24.9. The number of halogens is 3. The van der Waals surface area contributed by atoms with Crippen LogP contribution in [0, 0.1) is 0 Å². The minimum Gasteiger partial charge on any atom is -0.481 e. The van der Waals surface area contributed by atoms with Gasteiger partial charge in [0, 0.05) is 6.42 Å². The number of carboxylic acid groups (broad SMARTS) is 1. The van der Waals surface area contributed by atoms with E-state index in [2.05, 4.69) is 15.2 Å². The first-order valence-corrected chi connectivity index (χ1v) is 6.46. The monoisotopic (exact) mass is 326 g/mol. The van der Waals surface area contributed by atoms with E-state index in [9.17, 15) is 22.8 Å². The molecule has 3 rings (SSSR count). The van der Waals surface area contributed by atoms with E-state index in [4.69, 9.17) is 5.11 Å². The molecule has 0 spiro atoms. The number of carboxylic acids is 1. The van der Waals surface area contributed by atoms with Gasteiger partial charge >= 0.3 is 12.1 Å². The van der Waals surface area contributed by atoms with Gasteiger partial charge in [0.15, 0.2) is 0 Å². The number of aryl methyl sites for hydroxylation is 1. The van der Waals surface area contributed by atoms with Crippen molar-refractivity contribution in [3.63, 3.8) is 0 Å². The molecule has 0 aliphatic rings. The van der Waals surface area contributed by atoms with Gasteiger partial charge in [-0.1, -0.05) is 0 Å². The van der Waals surface area contributed by atoms with E-state index in [1.165, 1.54) is 10.5 Å². The zero-order valence-corrected chi connectivity index (χ0v) is 11.4. The van der Waals surface area contributed by atoms with E-state index in [1.54, 1.807) is 0 Å². The van der Waals surface area contributed by atoms with E-state index in [1.807, 2.05) is 0 Å². The Bertz CT molecular complexity index is 974. The van der Waals surface area contributed by atoms with Gasteiger partial charge in [-0.15, -0.1) is 10.2 Å². The van der Waals surface area contributed by atoms with Crippen molar-refractivity contribution < 1.29 is 23.1 Å². The number of H-pyrrole nitrogens is 1. The third kappa shape index (κ3) is 2.62. The number of benzene rings is 1. The topological polar surface area (TPSA) is 100 Å². The second kappa shape index (κ2) is 5.07. The summed E-state index contributed by atoms with van der Waals surface area (Å²) in [5.41, 5.74) is -1.48. The SMILES string of the molecule is O=C(O)CCc1nnc2c(=O)[nH]c3cc(C(F)(F)F)ccc3n12. The Kier molecular flexibility index (Phi) is 3.31. The molecular formula is C13H9F3N4O3. The van der Waals surface area contributed by atoms with Crippen LogP contribution >= 0.6 is 0 Å². The molecular weight excluding hydrogens is 317 g/mol. The molecule has 0 amide bonds. The lowest BCUT2D eigenvalue weighted by Gasteiger charge is -2.09. The molecule has 0 saturated carbocycles. The number of carbonyl (C=O) groups is 1. The number of aromatic nitrogens is 4. The van der Waals surface area contributed by atoms with Crippen LogP contribution in [-0.4, -0.2) is 30.7 Å². The summed E-state index contributed by atoms with van der Waals surface area (Å²) in [7, 11) is 0. The zero-order valence-electron chi connectivity index (χ0n) is 11.4. The molecule has 0 saturated heterocycles. The van der Waals surface area contributed by atoms with Gasteiger partial charge in [0.25, 0.3) is 5.56 Å². The van der Waals surface area contributed by atoms with Crippen LogP contribution in [0.15, 0.2) is 23.0 Å². The predicted octanol–water partition coefficient (Wildman–Crippen LogP) is 1.61. The first-order valence-electron chi connectivity index (χ1n) is 6.46. The molecule has 10 heteroatoms. The largest absolute Gasteiger partial charge is 0.481 e. The van der Waals surface area contributed by atoms with E-state index in [-0.39, 0.29) is 35.3 Å². The summed E-state index contributed by atoms with van der Waals surface area (Å²) < 4.78 is 39.6. The molecule has 0 bridgehead atoms. The Morgan fingerprint density at radius 1 is 1.30 bits per heavy atom. The van der Waals surface area contributed by atoms with Crippen molar-refractivity contribution >= 4 is 22.6 Å². The number of hydrogen-bond acceptors (Lipinski definition) is 4. The molecule has 2 aromatic heterocycles. The van der Waals surface area contributed by atoms with Crippen LogP contribution in [-0.2, 0) is 17.4 Å². The van der Waals surface area contributed by atoms with Crippen molar-refractivity contribution in [3.8, 4) is 0 Å². The highest BCUT2D eigenvalue weighted by atomic mass is 19.4. The zero-order chi connectivity index (χ0) is 16.8. The molecule has 23 heavy (non-hydrogen) atoms. The summed E-state index contributed by atoms with van der Waals surface area (Å²) in [5.74, 6) is -0.867. The maximum Gasteiger partial charge on any atom is 0.416 e. The average molecular weight is 326 g/mol. The molecule has 2 heterocycles. The number of aliphatic carboxylic acids is 1. The molecule has 0 aliphatic carbocycles. The van der Waals surface area contributed by atoms with Gasteiger partial charge in [0.1, 0.15) is 5.82 Å². The van der Waals surface area contributed by atoms with Gasteiger partial charge in [-0.05, 0) is 18.2 Å². The Morgan fingerprint density at radius 3 is 2.70 bits per heavy atom. The third-order valence-corrected chi connectivity index (χ3v) is 3.31. The molecule has 0 radical (unpaired) electrons. The third-order valence-electron chi connectivity index (χ3n) is 3.31. The molecule has 3 aromatic rings. The van der Waals surface area contributed by atoms with E-state index >= 15 is 0 Å². The van der Waals surface area contributed by atoms with Crippen molar-refractivity contribution in [2.45, 2.75) is 19.0 Å². The summed E-state index contributed by atoms with van der Waals surface area (Å²) in [5, 5.41) is 16.2. The quantitative estimate of drug-likeness (QED) is 0.761. The highest BCUT2D eigenvalue weighted by molar-refractivity contribution is 5.78. The fourth-order valence-electron chi connectivity index (χ4n) is 2.28. The summed E-state index contributed by atoms with van der Waals surface area (Å²) in [6.07, 6.45) is -4.79. The van der Waals surface area contributed by atoms with E-state index in [0.717, 1.165) is 12.1 Å². The van der Waals surface area contributed by atoms with Crippen LogP contribution < -0.4 is 5.56 Å². The first kappa shape index (κ1) is 15.0. The van der Waals surface area contributed by atoms with E-state index in [0.29, 0.717) is 0 Å². The average Bonchev–Trinajstić information content (AvgIpc) is 2.88. The Labute approximate surface area is 125 Å². The Balaban J connectivity index is 2.26. The number of nitrogens with one attached hydrogen (secondary N) is 1. The lowest BCUT2D eigenvalue weighted by Crippen LogP contribution is -2.13. The maximum absolute atomic E-state index is 12.8. The fraction of sp³-hybridized carbons (Fsp3) is 0.231. The molecule has 0 atom stereocenters. The maximum atomic E-state index is 12.8. The van der Waals surface area contributed by atoms with Gasteiger partial charge < -0.3 is 10.1 Å². The van der Waals surface area contributed by atoms with Crippen LogP contribution in [0.25, 0.3) is 16.7 Å². The molecule has 1 aromatic carbocycles. The van der Waals surface area contributed by atoms with Crippen LogP contribution in [0.4, 0.5) is 13.2 Å². The summed E-state index contributed by atoms with van der Waals surface area (Å²) in [6, 6.07) is 2.88. The number of fused-ring (bicyclic) bond motifs is 3. The lowest BCUT2D eigenvalue weighted by atomic mass is 10.2. The van der Waals surface area contributed by atoms with E-state index < -0.39 is 23.3 Å². The van der Waals surface area contributed by atoms with Crippen molar-refractivity contribution in [1.29, 1.82) is 0 Å². The van der Waals surface area contributed by atoms with Gasteiger partial charge in [0.05, 0.1) is 23.0 Å². The lowest BCUT2D eigenvalue weighted by molar-refractivity contribution is -0.138. The minimum absolute atomic E-state index is 0.00389. The van der Waals surface area contributed by atoms with Crippen molar-refractivity contribution in [3.05, 3.63) is 39.9 Å². The molecule has 7 nitrogen and oxygen atoms in total. The molecule has 2 N–H and O–H groups in total. The van der Waals surface area contributed by atoms with Gasteiger partial charge in [-0.2, -0.15) is 13.2 Å². The van der Waals surface area contributed by atoms with Crippen LogP contribution in [0.1, 0.15) is 17.8 Å². The molecule has 0 unspecified atom stereocenters. The smallest absolute Gasteiger partial charge is 0.416 e. The number of nitrogens with zero attached hydrogens (tertiary/aromatic N) is 3. The Hall–Kier alpha value is -2.91. The minimum atomic E-state index is -4.54. The van der Waals surface area contributed by atoms with Crippen LogP contribution in [0.5, 0.6) is 0 Å². The number of alkyl halides is 3. The van der Waals surface area contributed by atoms with Crippen molar-refractivity contribution in [1.82, 2.24) is 19.6 Å². The molecule has 0 fully saturated rings. The number of hydrogen-bond donors (Lipinski definition) is 2. The number of rotatable bonds is 3. The first-order chi connectivity index (χ1) is 10.8. The molecule has 0 aliphatic heterocycles. The number of aromatic amines is 1. The van der Waals surface area contributed by atoms with Crippen LogP contribution in [0.3, 0.4) is 0 Å². The van der Waals surface area contributed by atoms with Gasteiger partial charge in [-0.3, -0.25) is 14.0 Å². The van der Waals surface area contributed by atoms with Gasteiger partial charge in [0.2, 0.25) is 5.65 Å². The summed E-state index contributed by atoms with van der Waals surface area (Å²) in [6.45, 7) is 0. The predicted molar refractivity (Wildman–Crippen MR) is 72.1 cm³/mol. The van der Waals surface area contributed by atoms with Crippen molar-refractivity contribution in [2.24, 2.45) is 0 Å². The second-order valence-corrected chi connectivity index (χ2v) is 4.85. The van der Waals surface area contributed by atoms with Gasteiger partial charge in [-0.25, -0.2) is 0 Å². The van der Waals surface area contributed by atoms with Crippen molar-refractivity contribution in [2.75, 3.05) is 0 Å². The Morgan fingerprint density at radius 2 is 2.04 bits per heavy atom. The standard InChI is InChI=1S/C13H9F3N4O3/c14-13(15,16)6-1-2-8-7(5-6)17-12(23)11-19-18-9(20(8)11)3-4-10(21)22/h1-2,5H,3-4H2,(H,17,23)(H,21,22). The fourth-order valence-corrected chi connectivity index (χ4v) is 2.28. The van der Waals surface area contributed by atoms with Crippen LogP contribution in [0.2, 0.25) is 0 Å². The second-order valence-electron chi connectivity index (χ2n) is 4.85. The highest BCUT2D eigenvalue weighted by Gasteiger charge is 2.30.